The summed E-state index contributed by atoms with van der Waals surface area (Å²) >= 11 is 0. The first-order valence-electron chi connectivity index (χ1n) is 4.03. The van der Waals surface area contributed by atoms with Crippen molar-refractivity contribution in [3.8, 4) is 0 Å². The second-order valence-electron chi connectivity index (χ2n) is 2.94. The van der Waals surface area contributed by atoms with E-state index in [0.29, 0.717) is 5.92 Å². The summed E-state index contributed by atoms with van der Waals surface area (Å²) in [5, 5.41) is 2.56. The Morgan fingerprint density at radius 1 is 1.83 bits per heavy atom. The van der Waals surface area contributed by atoms with Gasteiger partial charge in [-0.3, -0.25) is 0 Å². The van der Waals surface area contributed by atoms with Gasteiger partial charge in [0.15, 0.2) is 0 Å². The van der Waals surface area contributed by atoms with E-state index in [4.69, 9.17) is 0 Å². The summed E-state index contributed by atoms with van der Waals surface area (Å²) in [6.45, 7) is 2.09. The van der Waals surface area contributed by atoms with E-state index in [1.165, 1.54) is 6.09 Å². The van der Waals surface area contributed by atoms with Gasteiger partial charge in [-0.2, -0.15) is 0 Å². The Balaban J connectivity index is 2.63. The molecular formula is C9H12BNO. The number of hydrogen-bond acceptors (Lipinski definition) is 1. The van der Waals surface area contributed by atoms with Crippen LogP contribution in [0, 0.1) is 5.92 Å². The molecule has 0 aromatic rings. The van der Waals surface area contributed by atoms with E-state index in [2.05, 4.69) is 25.8 Å². The van der Waals surface area contributed by atoms with Gasteiger partial charge >= 0.3 is 72.7 Å². The van der Waals surface area contributed by atoms with Crippen LogP contribution in [0.1, 0.15) is 13.3 Å². The minimum atomic E-state index is -0.0406. The van der Waals surface area contributed by atoms with Crippen LogP contribution < -0.4 is 5.32 Å². The van der Waals surface area contributed by atoms with Gasteiger partial charge in [0.2, 0.25) is 0 Å². The van der Waals surface area contributed by atoms with Gasteiger partial charge in [-0.1, -0.05) is 0 Å². The molecule has 1 aliphatic rings. The summed E-state index contributed by atoms with van der Waals surface area (Å²) in [5.74, 6) is 0.418. The number of hydrogen-bond donors (Lipinski definition) is 1. The zero-order chi connectivity index (χ0) is 8.97. The third-order valence-electron chi connectivity index (χ3n) is 1.80. The molecule has 0 heterocycles. The van der Waals surface area contributed by atoms with Gasteiger partial charge in [-0.25, -0.2) is 0 Å². The summed E-state index contributed by atoms with van der Waals surface area (Å²) in [4.78, 5) is 11.3. The quantitative estimate of drug-likeness (QED) is 0.579. The van der Waals surface area contributed by atoms with Crippen LogP contribution >= 0.6 is 0 Å². The Labute approximate surface area is 73.4 Å². The van der Waals surface area contributed by atoms with Crippen molar-refractivity contribution in [1.29, 1.82) is 0 Å². The standard InChI is InChI=1S/C9H12BNO/c1-7-3-2-4-8(5-7)9(12)11-6-10/h2-4,6-7,10H,5H2,1H3,(H,11,12)/t7-/m1/s1. The van der Waals surface area contributed by atoms with Gasteiger partial charge in [-0.05, 0) is 0 Å². The minimum absolute atomic E-state index is 0.0406. The number of carbonyl (C=O) groups excluding carboxylic acids is 1. The van der Waals surface area contributed by atoms with Gasteiger partial charge in [0.05, 0.1) is 0 Å². The van der Waals surface area contributed by atoms with Crippen LogP contribution in [0.2, 0.25) is 0 Å². The fourth-order valence-corrected chi connectivity index (χ4v) is 1.20. The van der Waals surface area contributed by atoms with Crippen molar-refractivity contribution in [2.45, 2.75) is 13.3 Å². The molecule has 0 aromatic carbocycles. The molecular weight excluding hydrogens is 149 g/mol. The van der Waals surface area contributed by atoms with Crippen molar-refractivity contribution in [3.05, 3.63) is 23.8 Å². The molecule has 0 aliphatic heterocycles. The predicted molar refractivity (Wildman–Crippen MR) is 52.4 cm³/mol. The number of allylic oxidation sites excluding steroid dienone is 3. The summed E-state index contributed by atoms with van der Waals surface area (Å²) in [5.41, 5.74) is 0.824. The fourth-order valence-electron chi connectivity index (χ4n) is 1.20. The summed E-state index contributed by atoms with van der Waals surface area (Å²) in [6, 6.07) is 0. The molecule has 1 amide bonds. The molecule has 0 bridgehead atoms. The van der Waals surface area contributed by atoms with Gasteiger partial charge in [0.1, 0.15) is 0 Å². The molecule has 0 aromatic heterocycles. The van der Waals surface area contributed by atoms with Crippen molar-refractivity contribution >= 4 is 19.5 Å². The Morgan fingerprint density at radius 3 is 3.17 bits per heavy atom. The van der Waals surface area contributed by atoms with Crippen LogP contribution in [0.25, 0.3) is 0 Å². The van der Waals surface area contributed by atoms with Crippen molar-refractivity contribution in [2.24, 2.45) is 5.92 Å². The molecule has 1 atom stereocenters. The topological polar surface area (TPSA) is 29.1 Å². The van der Waals surface area contributed by atoms with E-state index in [9.17, 15) is 4.79 Å². The maximum atomic E-state index is 11.3. The first-order chi connectivity index (χ1) is 5.74. The Morgan fingerprint density at radius 2 is 2.58 bits per heavy atom. The maximum absolute atomic E-state index is 11.3. The number of amides is 1. The zero-order valence-electron chi connectivity index (χ0n) is 7.21. The molecule has 0 saturated carbocycles. The van der Waals surface area contributed by atoms with E-state index in [1.54, 1.807) is 0 Å². The van der Waals surface area contributed by atoms with E-state index < -0.39 is 0 Å². The van der Waals surface area contributed by atoms with Crippen LogP contribution in [-0.2, 0) is 4.79 Å². The summed E-state index contributed by atoms with van der Waals surface area (Å²) in [6.07, 6.45) is 8.08. The monoisotopic (exact) mass is 161 g/mol. The fraction of sp³-hybridized carbons (Fsp3) is 0.333. The third kappa shape index (κ3) is 2.19. The molecule has 1 N–H and O–H groups in total. The third-order valence-corrected chi connectivity index (χ3v) is 1.80. The van der Waals surface area contributed by atoms with Gasteiger partial charge in [0, 0.05) is 0 Å². The van der Waals surface area contributed by atoms with Crippen molar-refractivity contribution in [2.75, 3.05) is 0 Å². The number of nitrogens with one attached hydrogen (secondary N) is 1. The molecule has 0 fully saturated rings. The Bertz CT molecular complexity index is 255. The van der Waals surface area contributed by atoms with E-state index in [0.717, 1.165) is 12.0 Å². The van der Waals surface area contributed by atoms with Gasteiger partial charge in [0.25, 0.3) is 0 Å². The van der Waals surface area contributed by atoms with E-state index >= 15 is 0 Å². The van der Waals surface area contributed by atoms with Gasteiger partial charge < -0.3 is 0 Å². The SMILES string of the molecule is B=CNC(=O)C1=CC=C[C@@H](C)C1. The van der Waals surface area contributed by atoms with Gasteiger partial charge in [-0.15, -0.1) is 0 Å². The molecule has 3 heteroatoms. The average Bonchev–Trinajstić information content (AvgIpc) is 2.05. The molecule has 12 heavy (non-hydrogen) atoms. The normalized spacial score (nSPS) is 21.3. The van der Waals surface area contributed by atoms with E-state index in [-0.39, 0.29) is 5.91 Å². The van der Waals surface area contributed by atoms with Crippen molar-refractivity contribution < 1.29 is 4.79 Å². The Kier molecular flexibility index (Phi) is 3.03. The molecule has 0 spiro atoms. The molecule has 62 valence electrons. The van der Waals surface area contributed by atoms with E-state index in [1.807, 2.05) is 12.2 Å². The first-order valence-corrected chi connectivity index (χ1v) is 4.03. The van der Waals surface area contributed by atoms with Crippen LogP contribution in [0.5, 0.6) is 0 Å². The van der Waals surface area contributed by atoms with Crippen LogP contribution in [-0.4, -0.2) is 19.5 Å². The number of rotatable bonds is 2. The first kappa shape index (κ1) is 8.98. The molecule has 2 nitrogen and oxygen atoms in total. The molecule has 0 radical (unpaired) electrons. The molecule has 1 aliphatic carbocycles. The Hall–Kier alpha value is -1.12. The predicted octanol–water partition coefficient (Wildman–Crippen LogP) is 0.286. The van der Waals surface area contributed by atoms with Crippen LogP contribution in [0.4, 0.5) is 0 Å². The second kappa shape index (κ2) is 4.05. The van der Waals surface area contributed by atoms with Crippen molar-refractivity contribution in [1.82, 2.24) is 5.32 Å². The van der Waals surface area contributed by atoms with Crippen LogP contribution in [0.15, 0.2) is 23.8 Å². The van der Waals surface area contributed by atoms with Crippen molar-refractivity contribution in [3.63, 3.8) is 0 Å². The summed E-state index contributed by atoms with van der Waals surface area (Å²) in [7, 11) is 3.44. The molecule has 0 unspecified atom stereocenters. The summed E-state index contributed by atoms with van der Waals surface area (Å²) < 4.78 is 0. The zero-order valence-corrected chi connectivity index (χ0v) is 7.21. The number of carbonyl (C=O) groups is 1. The average molecular weight is 161 g/mol. The second-order valence-corrected chi connectivity index (χ2v) is 2.94. The molecule has 1 rings (SSSR count). The van der Waals surface area contributed by atoms with Crippen LogP contribution in [0.3, 0.4) is 0 Å². The molecule has 0 saturated heterocycles.